The number of piperidine rings is 1. The van der Waals surface area contributed by atoms with Crippen LogP contribution in [0.2, 0.25) is 0 Å². The second-order valence-electron chi connectivity index (χ2n) is 4.86. The average molecular weight is 270 g/mol. The van der Waals surface area contributed by atoms with Gasteiger partial charge in [0.2, 0.25) is 10.0 Å². The van der Waals surface area contributed by atoms with Gasteiger partial charge in [-0.2, -0.15) is 4.31 Å². The predicted molar refractivity (Wildman–Crippen MR) is 67.4 cm³/mol. The van der Waals surface area contributed by atoms with Gasteiger partial charge >= 0.3 is 0 Å². The van der Waals surface area contributed by atoms with Crippen molar-refractivity contribution < 1.29 is 8.42 Å². The fraction of sp³-hybridized carbons (Fsp3) is 0.727. The van der Waals surface area contributed by atoms with E-state index in [9.17, 15) is 8.42 Å². The standard InChI is InChI=1S/C11H18N4O2S/c16-18(17,10-1-3-12-4-2-10)15-8-7-14-6-5-13-11(14)9-15/h5-6,10,12H,1-4,7-9H2. The molecule has 1 aromatic heterocycles. The molecule has 2 aliphatic heterocycles. The molecule has 0 amide bonds. The molecule has 100 valence electrons. The van der Waals surface area contributed by atoms with E-state index in [0.29, 0.717) is 32.5 Å². The Morgan fingerprint density at radius 2 is 2.06 bits per heavy atom. The molecular weight excluding hydrogens is 252 g/mol. The van der Waals surface area contributed by atoms with Gasteiger partial charge in [0.25, 0.3) is 0 Å². The van der Waals surface area contributed by atoms with Gasteiger partial charge in [-0.1, -0.05) is 0 Å². The lowest BCUT2D eigenvalue weighted by Crippen LogP contribution is -2.46. The summed E-state index contributed by atoms with van der Waals surface area (Å²) in [5.41, 5.74) is 0. The number of sulfonamides is 1. The smallest absolute Gasteiger partial charge is 0.217 e. The minimum absolute atomic E-state index is 0.222. The number of nitrogens with one attached hydrogen (secondary N) is 1. The number of fused-ring (bicyclic) bond motifs is 1. The van der Waals surface area contributed by atoms with E-state index in [2.05, 4.69) is 10.3 Å². The second kappa shape index (κ2) is 4.64. The summed E-state index contributed by atoms with van der Waals surface area (Å²) in [7, 11) is -3.17. The first kappa shape index (κ1) is 12.1. The van der Waals surface area contributed by atoms with Crippen molar-refractivity contribution in [3.05, 3.63) is 18.2 Å². The largest absolute Gasteiger partial charge is 0.333 e. The maximum Gasteiger partial charge on any atom is 0.217 e. The molecule has 1 aromatic rings. The first-order valence-electron chi connectivity index (χ1n) is 6.37. The Kier molecular flexibility index (Phi) is 3.13. The maximum absolute atomic E-state index is 12.5. The van der Waals surface area contributed by atoms with Crippen LogP contribution in [0.15, 0.2) is 12.4 Å². The van der Waals surface area contributed by atoms with Gasteiger partial charge in [-0.05, 0) is 25.9 Å². The molecule has 6 nitrogen and oxygen atoms in total. The first-order valence-corrected chi connectivity index (χ1v) is 7.88. The predicted octanol–water partition coefficient (Wildman–Crippen LogP) is -0.219. The van der Waals surface area contributed by atoms with E-state index in [0.717, 1.165) is 18.9 Å². The number of hydrogen-bond donors (Lipinski definition) is 1. The molecule has 0 aromatic carbocycles. The number of aromatic nitrogens is 2. The van der Waals surface area contributed by atoms with Crippen molar-refractivity contribution in [1.29, 1.82) is 0 Å². The number of nitrogens with zero attached hydrogens (tertiary/aromatic N) is 3. The van der Waals surface area contributed by atoms with Crippen LogP contribution >= 0.6 is 0 Å². The number of hydrogen-bond acceptors (Lipinski definition) is 4. The molecule has 7 heteroatoms. The fourth-order valence-corrected chi connectivity index (χ4v) is 4.56. The van der Waals surface area contributed by atoms with Crippen molar-refractivity contribution in [3.8, 4) is 0 Å². The van der Waals surface area contributed by atoms with Crippen molar-refractivity contribution in [2.45, 2.75) is 31.2 Å². The summed E-state index contributed by atoms with van der Waals surface area (Å²) in [6.07, 6.45) is 5.07. The van der Waals surface area contributed by atoms with E-state index in [4.69, 9.17) is 0 Å². The summed E-state index contributed by atoms with van der Waals surface area (Å²) < 4.78 is 28.7. The normalized spacial score (nSPS) is 22.9. The highest BCUT2D eigenvalue weighted by molar-refractivity contribution is 7.89. The lowest BCUT2D eigenvalue weighted by molar-refractivity contribution is 0.326. The minimum Gasteiger partial charge on any atom is -0.333 e. The monoisotopic (exact) mass is 270 g/mol. The summed E-state index contributed by atoms with van der Waals surface area (Å²) in [4.78, 5) is 4.21. The Bertz CT molecular complexity index is 519. The molecule has 0 bridgehead atoms. The molecule has 2 aliphatic rings. The zero-order valence-electron chi connectivity index (χ0n) is 10.2. The van der Waals surface area contributed by atoms with Gasteiger partial charge in [0, 0.05) is 25.5 Å². The summed E-state index contributed by atoms with van der Waals surface area (Å²) >= 11 is 0. The molecule has 3 rings (SSSR count). The van der Waals surface area contributed by atoms with Crippen LogP contribution in [0.25, 0.3) is 0 Å². The minimum atomic E-state index is -3.17. The van der Waals surface area contributed by atoms with Crippen LogP contribution in [0.3, 0.4) is 0 Å². The average Bonchev–Trinajstić information content (AvgIpc) is 2.87. The molecule has 0 saturated carbocycles. The van der Waals surface area contributed by atoms with Crippen LogP contribution in [0, 0.1) is 0 Å². The molecule has 0 radical (unpaired) electrons. The Labute approximate surface area is 107 Å². The van der Waals surface area contributed by atoms with E-state index in [-0.39, 0.29) is 5.25 Å². The van der Waals surface area contributed by atoms with Gasteiger partial charge in [0.15, 0.2) is 0 Å². The topological polar surface area (TPSA) is 67.2 Å². The Morgan fingerprint density at radius 1 is 1.28 bits per heavy atom. The van der Waals surface area contributed by atoms with Crippen molar-refractivity contribution in [3.63, 3.8) is 0 Å². The zero-order chi connectivity index (χ0) is 12.6. The van der Waals surface area contributed by atoms with Crippen molar-refractivity contribution in [2.75, 3.05) is 19.6 Å². The molecule has 0 aliphatic carbocycles. The maximum atomic E-state index is 12.5. The molecule has 18 heavy (non-hydrogen) atoms. The highest BCUT2D eigenvalue weighted by atomic mass is 32.2. The molecule has 3 heterocycles. The lowest BCUT2D eigenvalue weighted by atomic mass is 10.2. The number of imidazole rings is 1. The Hall–Kier alpha value is -0.920. The van der Waals surface area contributed by atoms with Crippen LogP contribution in [0.5, 0.6) is 0 Å². The summed E-state index contributed by atoms with van der Waals surface area (Å²) in [6, 6.07) is 0. The second-order valence-corrected chi connectivity index (χ2v) is 7.08. The third kappa shape index (κ3) is 2.06. The van der Waals surface area contributed by atoms with Crippen LogP contribution < -0.4 is 5.32 Å². The molecule has 0 spiro atoms. The Balaban J connectivity index is 1.78. The van der Waals surface area contributed by atoms with E-state index in [1.807, 2.05) is 10.8 Å². The van der Waals surface area contributed by atoms with Crippen molar-refractivity contribution >= 4 is 10.0 Å². The summed E-state index contributed by atoms with van der Waals surface area (Å²) in [5, 5.41) is 2.98. The molecule has 1 saturated heterocycles. The van der Waals surface area contributed by atoms with E-state index in [1.54, 1.807) is 10.5 Å². The van der Waals surface area contributed by atoms with Gasteiger partial charge in [-0.15, -0.1) is 0 Å². The summed E-state index contributed by atoms with van der Waals surface area (Å²) in [6.45, 7) is 3.28. The Morgan fingerprint density at radius 3 is 2.83 bits per heavy atom. The van der Waals surface area contributed by atoms with Gasteiger partial charge < -0.3 is 9.88 Å². The number of rotatable bonds is 2. The SMILES string of the molecule is O=S(=O)(C1CCNCC1)N1CCn2ccnc2C1. The molecule has 0 unspecified atom stereocenters. The molecular formula is C11H18N4O2S. The molecule has 0 atom stereocenters. The van der Waals surface area contributed by atoms with E-state index >= 15 is 0 Å². The highest BCUT2D eigenvalue weighted by Crippen LogP contribution is 2.22. The lowest BCUT2D eigenvalue weighted by Gasteiger charge is -2.32. The van der Waals surface area contributed by atoms with Crippen LogP contribution in [0.4, 0.5) is 0 Å². The molecule has 1 N–H and O–H groups in total. The van der Waals surface area contributed by atoms with Crippen molar-refractivity contribution in [1.82, 2.24) is 19.2 Å². The first-order chi connectivity index (χ1) is 8.68. The van der Waals surface area contributed by atoms with E-state index in [1.165, 1.54) is 0 Å². The van der Waals surface area contributed by atoms with Crippen LogP contribution in [-0.4, -0.2) is 47.2 Å². The van der Waals surface area contributed by atoms with Crippen LogP contribution in [-0.2, 0) is 23.1 Å². The van der Waals surface area contributed by atoms with Gasteiger partial charge in [0.1, 0.15) is 5.82 Å². The highest BCUT2D eigenvalue weighted by Gasteiger charge is 2.34. The van der Waals surface area contributed by atoms with Crippen molar-refractivity contribution in [2.24, 2.45) is 0 Å². The quantitative estimate of drug-likeness (QED) is 0.807. The van der Waals surface area contributed by atoms with E-state index < -0.39 is 10.0 Å². The third-order valence-corrected chi connectivity index (χ3v) is 6.12. The van der Waals surface area contributed by atoms with Crippen LogP contribution in [0.1, 0.15) is 18.7 Å². The summed E-state index contributed by atoms with van der Waals surface area (Å²) in [5.74, 6) is 0.846. The van der Waals surface area contributed by atoms with Gasteiger partial charge in [-0.3, -0.25) is 0 Å². The molecule has 1 fully saturated rings. The third-order valence-electron chi connectivity index (χ3n) is 3.78. The van der Waals surface area contributed by atoms with Gasteiger partial charge in [0.05, 0.1) is 11.8 Å². The fourth-order valence-electron chi connectivity index (χ4n) is 2.67. The zero-order valence-corrected chi connectivity index (χ0v) is 11.1. The van der Waals surface area contributed by atoms with Gasteiger partial charge in [-0.25, -0.2) is 13.4 Å².